The zero-order chi connectivity index (χ0) is 24.8. The fourth-order valence-corrected chi connectivity index (χ4v) is 4.05. The first-order valence-corrected chi connectivity index (χ1v) is 12.9. The zero-order valence-electron chi connectivity index (χ0n) is 20.1. The molecule has 0 spiro atoms. The van der Waals surface area contributed by atoms with Gasteiger partial charge in [-0.15, -0.1) is 0 Å². The van der Waals surface area contributed by atoms with Gasteiger partial charge >= 0.3 is 0 Å². The molecule has 184 valence electrons. The molecule has 0 fully saturated rings. The van der Waals surface area contributed by atoms with Crippen LogP contribution in [0.15, 0.2) is 47.6 Å². The molecule has 2 rings (SSSR count). The first-order chi connectivity index (χ1) is 16.4. The van der Waals surface area contributed by atoms with Crippen LogP contribution >= 0.6 is 23.2 Å². The Balaban J connectivity index is 1.77. The van der Waals surface area contributed by atoms with E-state index in [2.05, 4.69) is 22.8 Å². The van der Waals surface area contributed by atoms with Gasteiger partial charge in [-0.3, -0.25) is 9.59 Å². The van der Waals surface area contributed by atoms with E-state index in [-0.39, 0.29) is 16.8 Å². The normalized spacial score (nSPS) is 11.4. The Hall–Kier alpha value is -2.37. The van der Waals surface area contributed by atoms with E-state index in [0.29, 0.717) is 28.4 Å². The third-order valence-corrected chi connectivity index (χ3v) is 6.12. The molecule has 5 nitrogen and oxygen atoms in total. The molecule has 0 heterocycles. The van der Waals surface area contributed by atoms with Crippen LogP contribution < -0.4 is 10.7 Å². The maximum Gasteiger partial charge on any atom is 0.257 e. The summed E-state index contributed by atoms with van der Waals surface area (Å²) in [6.07, 6.45) is 11.4. The molecule has 2 amide bonds. The number of nitrogens with one attached hydrogen (secondary N) is 2. The smallest absolute Gasteiger partial charge is 0.257 e. The Bertz CT molecular complexity index is 976. The van der Waals surface area contributed by atoms with Crippen LogP contribution in [-0.2, 0) is 4.79 Å². The van der Waals surface area contributed by atoms with E-state index in [1.54, 1.807) is 24.3 Å². The van der Waals surface area contributed by atoms with E-state index < -0.39 is 0 Å². The SMILES string of the molecule is CCCCCCCCCCCC(=O)NN=C(C)c1cccc(NC(=O)c2ccc(Cl)cc2Cl)c1. The van der Waals surface area contributed by atoms with E-state index in [9.17, 15) is 9.59 Å². The molecule has 2 aromatic carbocycles. The van der Waals surface area contributed by atoms with Gasteiger partial charge in [0, 0.05) is 17.1 Å². The second-order valence-corrected chi connectivity index (χ2v) is 9.31. The fraction of sp³-hybridized carbons (Fsp3) is 0.444. The van der Waals surface area contributed by atoms with Crippen LogP contribution in [0.2, 0.25) is 10.0 Å². The molecule has 0 bridgehead atoms. The Morgan fingerprint density at radius 2 is 1.56 bits per heavy atom. The predicted molar refractivity (Wildman–Crippen MR) is 143 cm³/mol. The number of hydrogen-bond acceptors (Lipinski definition) is 3. The highest BCUT2D eigenvalue weighted by Crippen LogP contribution is 2.22. The van der Waals surface area contributed by atoms with Gasteiger partial charge in [-0.1, -0.05) is 93.6 Å². The van der Waals surface area contributed by atoms with Crippen molar-refractivity contribution in [3.63, 3.8) is 0 Å². The summed E-state index contributed by atoms with van der Waals surface area (Å²) in [4.78, 5) is 24.7. The number of hydrazone groups is 1. The molecule has 34 heavy (non-hydrogen) atoms. The van der Waals surface area contributed by atoms with E-state index >= 15 is 0 Å². The van der Waals surface area contributed by atoms with E-state index in [0.717, 1.165) is 18.4 Å². The van der Waals surface area contributed by atoms with Crippen LogP contribution in [0.1, 0.15) is 94.0 Å². The van der Waals surface area contributed by atoms with Gasteiger partial charge in [0.05, 0.1) is 16.3 Å². The highest BCUT2D eigenvalue weighted by molar-refractivity contribution is 6.37. The molecule has 0 unspecified atom stereocenters. The van der Waals surface area contributed by atoms with Gasteiger partial charge in [0.2, 0.25) is 5.91 Å². The molecule has 0 aliphatic heterocycles. The number of benzene rings is 2. The molecule has 0 aliphatic carbocycles. The lowest BCUT2D eigenvalue weighted by molar-refractivity contribution is -0.121. The second-order valence-electron chi connectivity index (χ2n) is 8.47. The van der Waals surface area contributed by atoms with Crippen molar-refractivity contribution < 1.29 is 9.59 Å². The van der Waals surface area contributed by atoms with Gasteiger partial charge in [0.25, 0.3) is 5.91 Å². The number of halogens is 2. The third-order valence-electron chi connectivity index (χ3n) is 5.57. The molecule has 0 aliphatic rings. The van der Waals surface area contributed by atoms with Gasteiger partial charge in [-0.2, -0.15) is 5.10 Å². The van der Waals surface area contributed by atoms with Crippen LogP contribution in [0.5, 0.6) is 0 Å². The minimum atomic E-state index is -0.331. The number of hydrogen-bond donors (Lipinski definition) is 2. The molecule has 0 radical (unpaired) electrons. The van der Waals surface area contributed by atoms with Crippen molar-refractivity contribution in [1.82, 2.24) is 5.43 Å². The average Bonchev–Trinajstić information content (AvgIpc) is 2.81. The number of carbonyl (C=O) groups excluding carboxylic acids is 2. The Morgan fingerprint density at radius 1 is 0.882 bits per heavy atom. The first-order valence-electron chi connectivity index (χ1n) is 12.1. The van der Waals surface area contributed by atoms with Gasteiger partial charge < -0.3 is 5.32 Å². The fourth-order valence-electron chi connectivity index (χ4n) is 3.56. The van der Waals surface area contributed by atoms with E-state index in [1.807, 2.05) is 19.1 Å². The van der Waals surface area contributed by atoms with Crippen LogP contribution in [-0.4, -0.2) is 17.5 Å². The summed E-state index contributed by atoms with van der Waals surface area (Å²) >= 11 is 12.0. The van der Waals surface area contributed by atoms with Crippen molar-refractivity contribution in [2.45, 2.75) is 78.1 Å². The summed E-state index contributed by atoms with van der Waals surface area (Å²) in [7, 11) is 0. The van der Waals surface area contributed by atoms with Crippen LogP contribution in [0.4, 0.5) is 5.69 Å². The van der Waals surface area contributed by atoms with Crippen LogP contribution in [0.3, 0.4) is 0 Å². The molecule has 0 aromatic heterocycles. The summed E-state index contributed by atoms with van der Waals surface area (Å²) in [5.74, 6) is -0.410. The third kappa shape index (κ3) is 10.3. The van der Waals surface area contributed by atoms with E-state index in [1.165, 1.54) is 51.0 Å². The second kappa shape index (κ2) is 15.5. The van der Waals surface area contributed by atoms with Gasteiger partial charge in [-0.05, 0) is 49.2 Å². The summed E-state index contributed by atoms with van der Waals surface area (Å²) < 4.78 is 0. The molecule has 7 heteroatoms. The summed E-state index contributed by atoms with van der Waals surface area (Å²) in [6.45, 7) is 4.05. The van der Waals surface area contributed by atoms with Gasteiger partial charge in [0.1, 0.15) is 0 Å². The standard InChI is InChI=1S/C27H35Cl2N3O2/c1-3-4-5-6-7-8-9-10-11-15-26(33)32-31-20(2)21-13-12-14-23(18-21)30-27(34)24-17-16-22(28)19-25(24)29/h12-14,16-19H,3-11,15H2,1-2H3,(H,30,34)(H,32,33). The van der Waals surface area contributed by atoms with Crippen molar-refractivity contribution in [3.05, 3.63) is 63.6 Å². The lowest BCUT2D eigenvalue weighted by Crippen LogP contribution is -2.19. The van der Waals surface area contributed by atoms with Crippen molar-refractivity contribution in [1.29, 1.82) is 0 Å². The highest BCUT2D eigenvalue weighted by Gasteiger charge is 2.11. The minimum absolute atomic E-state index is 0.0795. The average molecular weight is 505 g/mol. The minimum Gasteiger partial charge on any atom is -0.322 e. The Morgan fingerprint density at radius 3 is 2.24 bits per heavy atom. The number of amides is 2. The highest BCUT2D eigenvalue weighted by atomic mass is 35.5. The van der Waals surface area contributed by atoms with Gasteiger partial charge in [-0.25, -0.2) is 5.43 Å². The van der Waals surface area contributed by atoms with Crippen molar-refractivity contribution in [2.75, 3.05) is 5.32 Å². The summed E-state index contributed by atoms with van der Waals surface area (Å²) in [5.41, 5.74) is 5.02. The lowest BCUT2D eigenvalue weighted by Gasteiger charge is -2.09. The molecular formula is C27H35Cl2N3O2. The maximum atomic E-state index is 12.5. The molecule has 0 atom stereocenters. The van der Waals surface area contributed by atoms with Crippen LogP contribution in [0, 0.1) is 0 Å². The number of rotatable bonds is 14. The topological polar surface area (TPSA) is 70.6 Å². The lowest BCUT2D eigenvalue weighted by atomic mass is 10.1. The predicted octanol–water partition coefficient (Wildman–Crippen LogP) is 8.01. The van der Waals surface area contributed by atoms with Crippen LogP contribution in [0.25, 0.3) is 0 Å². The maximum absolute atomic E-state index is 12.5. The number of nitrogens with zero attached hydrogens (tertiary/aromatic N) is 1. The molecule has 2 N–H and O–H groups in total. The van der Waals surface area contributed by atoms with Crippen molar-refractivity contribution >= 4 is 46.4 Å². The number of carbonyl (C=O) groups is 2. The monoisotopic (exact) mass is 503 g/mol. The largest absolute Gasteiger partial charge is 0.322 e. The summed E-state index contributed by atoms with van der Waals surface area (Å²) in [5, 5.41) is 7.80. The number of unbranched alkanes of at least 4 members (excludes halogenated alkanes) is 8. The Kier molecular flexibility index (Phi) is 12.7. The van der Waals surface area contributed by atoms with Gasteiger partial charge in [0.15, 0.2) is 0 Å². The van der Waals surface area contributed by atoms with Crippen molar-refractivity contribution in [2.24, 2.45) is 5.10 Å². The summed E-state index contributed by atoms with van der Waals surface area (Å²) in [6, 6.07) is 12.0. The first kappa shape index (κ1) is 27.9. The van der Waals surface area contributed by atoms with Crippen molar-refractivity contribution in [3.8, 4) is 0 Å². The zero-order valence-corrected chi connectivity index (χ0v) is 21.6. The molecule has 0 saturated carbocycles. The quantitative estimate of drug-likeness (QED) is 0.155. The number of anilines is 1. The molecular weight excluding hydrogens is 469 g/mol. The Labute approximate surface area is 213 Å². The molecule has 0 saturated heterocycles. The molecule has 2 aromatic rings. The van der Waals surface area contributed by atoms with E-state index in [4.69, 9.17) is 23.2 Å².